The number of furan rings is 1. The summed E-state index contributed by atoms with van der Waals surface area (Å²) in [5.74, 6) is 0.611. The molecule has 0 aliphatic heterocycles. The molecule has 0 aliphatic rings. The third-order valence-electron chi connectivity index (χ3n) is 4.91. The molecule has 0 radical (unpaired) electrons. The van der Waals surface area contributed by atoms with Gasteiger partial charge in [-0.15, -0.1) is 0 Å². The Labute approximate surface area is 182 Å². The lowest BCUT2D eigenvalue weighted by molar-refractivity contribution is -0.692. The summed E-state index contributed by atoms with van der Waals surface area (Å²) in [6, 6.07) is 14.2. The molecule has 2 heterocycles. The van der Waals surface area contributed by atoms with E-state index in [1.54, 1.807) is 41.4 Å². The minimum Gasteiger partial charge on any atom is -0.467 e. The molecule has 2 aromatic heterocycles. The minimum atomic E-state index is -0.734. The molecule has 3 aromatic rings. The van der Waals surface area contributed by atoms with E-state index in [0.717, 1.165) is 11.3 Å². The summed E-state index contributed by atoms with van der Waals surface area (Å²) in [4.78, 5) is 13.9. The van der Waals surface area contributed by atoms with Gasteiger partial charge < -0.3 is 14.8 Å². The number of pyridine rings is 1. The second-order valence-corrected chi connectivity index (χ2v) is 8.65. The van der Waals surface area contributed by atoms with Crippen molar-refractivity contribution in [2.24, 2.45) is 0 Å². The van der Waals surface area contributed by atoms with Gasteiger partial charge >= 0.3 is 0 Å². The lowest BCUT2D eigenvalue weighted by atomic mass is 9.86. The number of ketones is 1. The first-order chi connectivity index (χ1) is 14.3. The molecule has 156 valence electrons. The lowest BCUT2D eigenvalue weighted by Gasteiger charge is -2.19. The first kappa shape index (κ1) is 21.9. The molecule has 5 nitrogen and oxygen atoms in total. The van der Waals surface area contributed by atoms with Gasteiger partial charge in [-0.3, -0.25) is 4.79 Å². The van der Waals surface area contributed by atoms with E-state index in [1.807, 2.05) is 30.3 Å². The van der Waals surface area contributed by atoms with E-state index in [9.17, 15) is 9.90 Å². The van der Waals surface area contributed by atoms with Crippen LogP contribution in [0.25, 0.3) is 0 Å². The van der Waals surface area contributed by atoms with Gasteiger partial charge in [0.25, 0.3) is 6.04 Å². The Morgan fingerprint density at radius 1 is 1.17 bits per heavy atom. The zero-order valence-corrected chi connectivity index (χ0v) is 18.3. The van der Waals surface area contributed by atoms with Crippen molar-refractivity contribution < 1.29 is 18.9 Å². The average molecular weight is 424 g/mol. The Kier molecular flexibility index (Phi) is 6.80. The van der Waals surface area contributed by atoms with Gasteiger partial charge in [0.05, 0.1) is 19.4 Å². The Bertz CT molecular complexity index is 1010. The summed E-state index contributed by atoms with van der Waals surface area (Å²) in [6.45, 7) is 6.68. The van der Waals surface area contributed by atoms with Crippen molar-refractivity contribution in [1.82, 2.24) is 5.32 Å². The highest BCUT2D eigenvalue weighted by Gasteiger charge is 2.33. The zero-order chi connectivity index (χ0) is 21.7. The second-order valence-electron chi connectivity index (χ2n) is 8.21. The zero-order valence-electron chi connectivity index (χ0n) is 17.5. The molecule has 0 spiro atoms. The lowest BCUT2D eigenvalue weighted by Crippen LogP contribution is -2.51. The van der Waals surface area contributed by atoms with Crippen molar-refractivity contribution in [3.05, 3.63) is 89.6 Å². The second kappa shape index (κ2) is 9.32. The maximum Gasteiger partial charge on any atom is 0.270 e. The molecule has 0 unspecified atom stereocenters. The molecule has 0 amide bonds. The largest absolute Gasteiger partial charge is 0.467 e. The molecule has 2 N–H and O–H groups in total. The fourth-order valence-corrected chi connectivity index (χ4v) is 3.46. The highest BCUT2D eigenvalue weighted by atomic mass is 32.1. The van der Waals surface area contributed by atoms with Crippen LogP contribution in [0.3, 0.4) is 0 Å². The van der Waals surface area contributed by atoms with Gasteiger partial charge in [-0.2, -0.15) is 4.57 Å². The van der Waals surface area contributed by atoms with Gasteiger partial charge in [0.1, 0.15) is 5.76 Å². The van der Waals surface area contributed by atoms with Crippen molar-refractivity contribution >= 4 is 23.0 Å². The van der Waals surface area contributed by atoms with Crippen LogP contribution in [0.15, 0.2) is 71.6 Å². The van der Waals surface area contributed by atoms with E-state index in [2.05, 4.69) is 26.1 Å². The molecule has 0 fully saturated rings. The van der Waals surface area contributed by atoms with Crippen LogP contribution in [0.1, 0.15) is 54.1 Å². The molecule has 0 aliphatic carbocycles. The summed E-state index contributed by atoms with van der Waals surface area (Å²) in [7, 11) is 0. The maximum absolute atomic E-state index is 13.5. The number of rotatable bonds is 7. The summed E-state index contributed by atoms with van der Waals surface area (Å²) < 4.78 is 7.09. The van der Waals surface area contributed by atoms with Crippen LogP contribution in [-0.2, 0) is 18.6 Å². The minimum absolute atomic E-state index is 0.00504. The predicted octanol–water partition coefficient (Wildman–Crippen LogP) is 3.90. The Morgan fingerprint density at radius 3 is 2.50 bits per heavy atom. The van der Waals surface area contributed by atoms with E-state index in [-0.39, 0.29) is 17.8 Å². The predicted molar refractivity (Wildman–Crippen MR) is 119 cm³/mol. The fourth-order valence-electron chi connectivity index (χ4n) is 3.16. The van der Waals surface area contributed by atoms with E-state index >= 15 is 0 Å². The number of Topliss-reactive ketones (excluding diaryl/α,β-unsaturated/α-hetero) is 1. The number of nitrogens with zero attached hydrogens (tertiary/aromatic N) is 1. The number of aliphatic hydroxyl groups excluding tert-OH is 1. The van der Waals surface area contributed by atoms with E-state index in [0.29, 0.717) is 22.7 Å². The van der Waals surface area contributed by atoms with Gasteiger partial charge in [0.2, 0.25) is 5.78 Å². The highest BCUT2D eigenvalue weighted by molar-refractivity contribution is 7.80. The van der Waals surface area contributed by atoms with Crippen molar-refractivity contribution in [1.29, 1.82) is 0 Å². The van der Waals surface area contributed by atoms with Crippen LogP contribution in [0.2, 0.25) is 0 Å². The van der Waals surface area contributed by atoms with Crippen LogP contribution in [0.4, 0.5) is 0 Å². The topological polar surface area (TPSA) is 66.4 Å². The maximum atomic E-state index is 13.5. The summed E-state index contributed by atoms with van der Waals surface area (Å²) in [5.41, 5.74) is 2.44. The monoisotopic (exact) mass is 423 g/mol. The first-order valence-electron chi connectivity index (χ1n) is 9.85. The van der Waals surface area contributed by atoms with Crippen LogP contribution in [0.5, 0.6) is 0 Å². The van der Waals surface area contributed by atoms with Crippen LogP contribution < -0.4 is 9.88 Å². The summed E-state index contributed by atoms with van der Waals surface area (Å²) in [5, 5.41) is 12.7. The number of thiocarbonyl (C=S) groups is 1. The number of hydrogen-bond donors (Lipinski definition) is 2. The van der Waals surface area contributed by atoms with Crippen LogP contribution in [0, 0.1) is 0 Å². The smallest absolute Gasteiger partial charge is 0.270 e. The molecule has 0 saturated heterocycles. The Balaban J connectivity index is 1.91. The molecular weight excluding hydrogens is 396 g/mol. The summed E-state index contributed by atoms with van der Waals surface area (Å²) >= 11 is 5.61. The van der Waals surface area contributed by atoms with Gasteiger partial charge in [-0.25, -0.2) is 0 Å². The van der Waals surface area contributed by atoms with Crippen LogP contribution in [-0.4, -0.2) is 15.9 Å². The molecule has 0 saturated carbocycles. The average Bonchev–Trinajstić information content (AvgIpc) is 3.26. The van der Waals surface area contributed by atoms with E-state index in [4.69, 9.17) is 16.6 Å². The van der Waals surface area contributed by atoms with Crippen molar-refractivity contribution in [2.75, 3.05) is 0 Å². The number of nitrogens with one attached hydrogen (secondary N) is 1. The standard InChI is InChI=1S/C24H26N2O3S/c1-24(2,3)19-10-8-18(9-11-19)22(28)21(26-12-4-6-17(15-26)16-27)23(30)25-14-20-7-5-13-29-20/h4-13,15,21,27H,14,16H2,1-3H3/p+1/t21-/m1/s1. The first-order valence-corrected chi connectivity index (χ1v) is 10.3. The van der Waals surface area contributed by atoms with Crippen molar-refractivity contribution in [3.63, 3.8) is 0 Å². The van der Waals surface area contributed by atoms with E-state index in [1.165, 1.54) is 0 Å². The fraction of sp³-hybridized carbons (Fsp3) is 0.292. The normalized spacial score (nSPS) is 12.4. The molecule has 1 aromatic carbocycles. The number of carbonyl (C=O) groups excluding carboxylic acids is 1. The SMILES string of the molecule is CC(C)(C)c1ccc(C(=O)[C@H](C(=S)NCc2ccco2)[n+]2cccc(CO)c2)cc1. The molecular formula is C24H27N2O3S+. The van der Waals surface area contributed by atoms with Crippen molar-refractivity contribution in [3.8, 4) is 0 Å². The van der Waals surface area contributed by atoms with Gasteiger partial charge in [-0.1, -0.05) is 57.3 Å². The molecule has 6 heteroatoms. The number of aromatic nitrogens is 1. The number of carbonyl (C=O) groups is 1. The Morgan fingerprint density at radius 2 is 1.90 bits per heavy atom. The van der Waals surface area contributed by atoms with Gasteiger partial charge in [-0.05, 0) is 29.2 Å². The van der Waals surface area contributed by atoms with Gasteiger partial charge in [0, 0.05) is 17.2 Å². The highest BCUT2D eigenvalue weighted by Crippen LogP contribution is 2.23. The molecule has 30 heavy (non-hydrogen) atoms. The number of benzene rings is 1. The van der Waals surface area contributed by atoms with Crippen molar-refractivity contribution in [2.45, 2.75) is 45.4 Å². The third-order valence-corrected chi connectivity index (χ3v) is 5.28. The Hall–Kier alpha value is -2.83. The number of hydrogen-bond acceptors (Lipinski definition) is 4. The third kappa shape index (κ3) is 5.20. The molecule has 3 rings (SSSR count). The van der Waals surface area contributed by atoms with Gasteiger partial charge in [0.15, 0.2) is 17.4 Å². The quantitative estimate of drug-likeness (QED) is 0.343. The van der Waals surface area contributed by atoms with Crippen LogP contribution >= 0.6 is 12.2 Å². The molecule has 0 bridgehead atoms. The summed E-state index contributed by atoms with van der Waals surface area (Å²) in [6.07, 6.45) is 5.12. The number of aliphatic hydroxyl groups is 1. The molecule has 1 atom stereocenters. The van der Waals surface area contributed by atoms with E-state index < -0.39 is 6.04 Å².